The lowest BCUT2D eigenvalue weighted by Crippen LogP contribution is -2.42. The Bertz CT molecular complexity index is 975. The third-order valence-electron chi connectivity index (χ3n) is 7.56. The number of hydrogen-bond acceptors (Lipinski definition) is 2. The van der Waals surface area contributed by atoms with Gasteiger partial charge in [-0.25, -0.2) is 0 Å². The quantitative estimate of drug-likeness (QED) is 0.589. The van der Waals surface area contributed by atoms with E-state index in [9.17, 15) is 9.90 Å². The van der Waals surface area contributed by atoms with E-state index in [0.717, 1.165) is 48.3 Å². The third-order valence-corrected chi connectivity index (χ3v) is 7.81. The second-order valence-electron chi connectivity index (χ2n) is 9.01. The van der Waals surface area contributed by atoms with Gasteiger partial charge in [-0.1, -0.05) is 36.7 Å². The first-order chi connectivity index (χ1) is 13.5. The van der Waals surface area contributed by atoms with Crippen molar-refractivity contribution in [1.82, 2.24) is 0 Å². The lowest BCUT2D eigenvalue weighted by atomic mass is 9.55. The number of rotatable bonds is 1. The van der Waals surface area contributed by atoms with Crippen molar-refractivity contribution in [2.24, 2.45) is 17.3 Å². The molecular formula is C25H25ClO2. The molecule has 28 heavy (non-hydrogen) atoms. The van der Waals surface area contributed by atoms with Gasteiger partial charge in [0.25, 0.3) is 0 Å². The molecule has 2 saturated carbocycles. The number of aryl methyl sites for hydroxylation is 1. The number of ketones is 1. The molecule has 3 aliphatic carbocycles. The number of halogens is 1. The maximum atomic E-state index is 13.4. The second kappa shape index (κ2) is 6.49. The minimum Gasteiger partial charge on any atom is -0.508 e. The Labute approximate surface area is 171 Å². The van der Waals surface area contributed by atoms with Crippen LogP contribution in [-0.2, 0) is 11.2 Å². The van der Waals surface area contributed by atoms with Gasteiger partial charge in [0, 0.05) is 10.4 Å². The molecule has 3 heteroatoms. The Hall–Kier alpha value is -2.06. The van der Waals surface area contributed by atoms with Crippen molar-refractivity contribution in [2.75, 3.05) is 0 Å². The third kappa shape index (κ3) is 2.73. The lowest BCUT2D eigenvalue weighted by Gasteiger charge is -2.48. The number of benzene rings is 2. The van der Waals surface area contributed by atoms with Crippen LogP contribution in [0.2, 0.25) is 5.02 Å². The van der Waals surface area contributed by atoms with Gasteiger partial charge in [-0.05, 0) is 102 Å². The van der Waals surface area contributed by atoms with Crippen molar-refractivity contribution >= 4 is 23.5 Å². The number of hydrogen-bond donors (Lipinski definition) is 1. The van der Waals surface area contributed by atoms with Crippen molar-refractivity contribution in [1.29, 1.82) is 0 Å². The molecule has 0 spiro atoms. The molecule has 2 aromatic rings. The van der Waals surface area contributed by atoms with E-state index in [2.05, 4.69) is 19.1 Å². The average Bonchev–Trinajstić information content (AvgIpc) is 2.94. The fraction of sp³-hybridized carbons (Fsp3) is 0.400. The first-order valence-corrected chi connectivity index (χ1v) is 10.7. The predicted molar refractivity (Wildman–Crippen MR) is 113 cm³/mol. The van der Waals surface area contributed by atoms with Crippen molar-refractivity contribution < 1.29 is 9.90 Å². The van der Waals surface area contributed by atoms with Crippen LogP contribution in [0.4, 0.5) is 0 Å². The van der Waals surface area contributed by atoms with Crippen LogP contribution in [0.25, 0.3) is 6.08 Å². The van der Waals surface area contributed by atoms with Gasteiger partial charge in [0.1, 0.15) is 5.75 Å². The van der Waals surface area contributed by atoms with Crippen molar-refractivity contribution in [3.05, 3.63) is 69.8 Å². The highest BCUT2D eigenvalue weighted by atomic mass is 35.5. The molecule has 0 aliphatic heterocycles. The molecule has 144 valence electrons. The predicted octanol–water partition coefficient (Wildman–Crippen LogP) is 6.16. The Morgan fingerprint density at radius 2 is 1.93 bits per heavy atom. The highest BCUT2D eigenvalue weighted by molar-refractivity contribution is 6.30. The fourth-order valence-electron chi connectivity index (χ4n) is 6.13. The number of aromatic hydroxyl groups is 1. The summed E-state index contributed by atoms with van der Waals surface area (Å²) in [5.41, 5.74) is 4.50. The zero-order valence-electron chi connectivity index (χ0n) is 16.1. The standard InChI is InChI=1S/C25H25ClO2/c1-25-11-10-21-20-9-7-19(27)13-16(20)4-8-22(21)23(25)14-17(24(25)28)12-15-2-5-18(26)6-3-15/h2-3,5-7,9,12-13,21-23,27H,4,8,10-11,14H2,1H3/b17-12-/t21-,22+,23-,25-/m0/s1. The molecule has 4 atom stereocenters. The molecule has 0 bridgehead atoms. The molecular weight excluding hydrogens is 368 g/mol. The van der Waals surface area contributed by atoms with Gasteiger partial charge in [0.15, 0.2) is 5.78 Å². The topological polar surface area (TPSA) is 37.3 Å². The van der Waals surface area contributed by atoms with E-state index in [0.29, 0.717) is 29.3 Å². The largest absolute Gasteiger partial charge is 0.508 e. The summed E-state index contributed by atoms with van der Waals surface area (Å²) < 4.78 is 0. The molecule has 0 aromatic heterocycles. The van der Waals surface area contributed by atoms with Crippen LogP contribution in [0.15, 0.2) is 48.0 Å². The van der Waals surface area contributed by atoms with Crippen molar-refractivity contribution in [2.45, 2.75) is 44.9 Å². The number of Topliss-reactive ketones (excluding diaryl/α,β-unsaturated/α-hetero) is 1. The minimum absolute atomic E-state index is 0.228. The van der Waals surface area contributed by atoms with E-state index in [1.165, 1.54) is 11.1 Å². The Kier molecular flexibility index (Phi) is 4.17. The van der Waals surface area contributed by atoms with Gasteiger partial charge in [-0.2, -0.15) is 0 Å². The van der Waals surface area contributed by atoms with Gasteiger partial charge in [-0.3, -0.25) is 4.79 Å². The molecule has 2 fully saturated rings. The summed E-state index contributed by atoms with van der Waals surface area (Å²) in [6.45, 7) is 2.20. The van der Waals surface area contributed by atoms with Crippen LogP contribution in [0, 0.1) is 17.3 Å². The normalized spacial score (nSPS) is 32.7. The summed E-state index contributed by atoms with van der Waals surface area (Å²) in [6.07, 6.45) is 7.09. The van der Waals surface area contributed by atoms with E-state index < -0.39 is 0 Å². The molecule has 0 radical (unpaired) electrons. The van der Waals surface area contributed by atoms with Gasteiger partial charge in [0.05, 0.1) is 0 Å². The SMILES string of the molecule is C[C@]12CC[C@H]3c4ccc(O)cc4CC[C@H]3[C@@H]1C/C(=C/c1ccc(Cl)cc1)C2=O. The molecule has 0 amide bonds. The zero-order chi connectivity index (χ0) is 19.5. The highest BCUT2D eigenvalue weighted by Gasteiger charge is 2.56. The molecule has 1 N–H and O–H groups in total. The summed E-state index contributed by atoms with van der Waals surface area (Å²) in [7, 11) is 0. The number of carbonyl (C=O) groups is 1. The van der Waals surface area contributed by atoms with E-state index in [4.69, 9.17) is 11.6 Å². The van der Waals surface area contributed by atoms with Gasteiger partial charge >= 0.3 is 0 Å². The van der Waals surface area contributed by atoms with E-state index in [1.807, 2.05) is 36.4 Å². The van der Waals surface area contributed by atoms with Crippen LogP contribution < -0.4 is 0 Å². The summed E-state index contributed by atoms with van der Waals surface area (Å²) in [6, 6.07) is 13.6. The van der Waals surface area contributed by atoms with Crippen LogP contribution in [0.5, 0.6) is 5.75 Å². The lowest BCUT2D eigenvalue weighted by molar-refractivity contribution is -0.127. The monoisotopic (exact) mass is 392 g/mol. The Balaban J connectivity index is 1.48. The van der Waals surface area contributed by atoms with Crippen LogP contribution in [0.1, 0.15) is 55.2 Å². The molecule has 5 rings (SSSR count). The van der Waals surface area contributed by atoms with Crippen LogP contribution >= 0.6 is 11.6 Å². The molecule has 3 aliphatic rings. The molecule has 2 aromatic carbocycles. The number of fused-ring (bicyclic) bond motifs is 5. The average molecular weight is 393 g/mol. The summed E-state index contributed by atoms with van der Waals surface area (Å²) in [4.78, 5) is 13.4. The highest BCUT2D eigenvalue weighted by Crippen LogP contribution is 2.60. The fourth-order valence-corrected chi connectivity index (χ4v) is 6.25. The Morgan fingerprint density at radius 3 is 2.71 bits per heavy atom. The second-order valence-corrected chi connectivity index (χ2v) is 9.45. The van der Waals surface area contributed by atoms with E-state index in [1.54, 1.807) is 0 Å². The Morgan fingerprint density at radius 1 is 1.14 bits per heavy atom. The zero-order valence-corrected chi connectivity index (χ0v) is 16.9. The van der Waals surface area contributed by atoms with Gasteiger partial charge in [-0.15, -0.1) is 0 Å². The summed E-state index contributed by atoms with van der Waals surface area (Å²) in [5, 5.41) is 10.6. The molecule has 0 heterocycles. The first kappa shape index (κ1) is 18.0. The maximum absolute atomic E-state index is 13.4. The van der Waals surface area contributed by atoms with Gasteiger partial charge < -0.3 is 5.11 Å². The number of phenolic OH excluding ortho intramolecular Hbond substituents is 1. The van der Waals surface area contributed by atoms with Crippen LogP contribution in [-0.4, -0.2) is 10.9 Å². The first-order valence-electron chi connectivity index (χ1n) is 10.3. The molecule has 2 nitrogen and oxygen atoms in total. The number of allylic oxidation sites excluding steroid dienone is 1. The van der Waals surface area contributed by atoms with E-state index in [-0.39, 0.29) is 5.41 Å². The van der Waals surface area contributed by atoms with Crippen molar-refractivity contribution in [3.8, 4) is 5.75 Å². The molecule has 0 saturated heterocycles. The summed E-state index contributed by atoms with van der Waals surface area (Å²) >= 11 is 6.00. The minimum atomic E-state index is -0.228. The number of carbonyl (C=O) groups excluding carboxylic acids is 1. The van der Waals surface area contributed by atoms with Crippen molar-refractivity contribution in [3.63, 3.8) is 0 Å². The summed E-state index contributed by atoms with van der Waals surface area (Å²) in [5.74, 6) is 2.20. The smallest absolute Gasteiger partial charge is 0.165 e. The van der Waals surface area contributed by atoms with Crippen LogP contribution in [0.3, 0.4) is 0 Å². The van der Waals surface area contributed by atoms with Gasteiger partial charge in [0.2, 0.25) is 0 Å². The maximum Gasteiger partial charge on any atom is 0.165 e. The molecule has 0 unspecified atom stereocenters. The van der Waals surface area contributed by atoms with E-state index >= 15 is 0 Å². The number of phenols is 1.